The zero-order valence-electron chi connectivity index (χ0n) is 19.0. The summed E-state index contributed by atoms with van der Waals surface area (Å²) in [5, 5.41) is 0. The predicted octanol–water partition coefficient (Wildman–Crippen LogP) is 6.33. The number of alkyl halides is 1. The number of hydrogen-bond donors (Lipinski definition) is 0. The number of hydrogen-bond acceptors (Lipinski definition) is 3. The maximum Gasteiger partial charge on any atom is 0.119 e. The number of aliphatic imine (C=N–C) groups is 1. The lowest BCUT2D eigenvalue weighted by Crippen LogP contribution is -2.24. The fraction of sp³-hybridized carbons (Fsp3) is 0.560. The monoisotopic (exact) mass is 410 g/mol. The fourth-order valence-electron chi connectivity index (χ4n) is 4.33. The van der Waals surface area contributed by atoms with E-state index in [9.17, 15) is 4.39 Å². The summed E-state index contributed by atoms with van der Waals surface area (Å²) < 4.78 is 16.3. The molecule has 2 aromatic rings. The van der Waals surface area contributed by atoms with Crippen molar-refractivity contribution in [2.24, 2.45) is 22.7 Å². The highest BCUT2D eigenvalue weighted by atomic mass is 19.1. The number of rotatable bonds is 8. The van der Waals surface area contributed by atoms with Crippen molar-refractivity contribution in [2.75, 3.05) is 0 Å². The highest BCUT2D eigenvalue weighted by Gasteiger charge is 2.27. The van der Waals surface area contributed by atoms with Gasteiger partial charge in [0.2, 0.25) is 0 Å². The molecule has 1 aliphatic carbocycles. The Kier molecular flexibility index (Phi) is 7.57. The summed E-state index contributed by atoms with van der Waals surface area (Å²) in [6, 6.07) is 2.05. The standard InChI is InChI=1S/C25H35FN4/c1-6-12-30-24-9-10-27-16-23(24)29-25(30)14-20(7-2)8-11-28-19(5)22-15-21(26)13-17(3)18(22)4/h8-11,15-18,20-21H,6-7,12-14H2,1-5H3/b11-8-,28-19?. The zero-order valence-corrected chi connectivity index (χ0v) is 19.0. The molecule has 0 radical (unpaired) electrons. The first-order chi connectivity index (χ1) is 14.4. The largest absolute Gasteiger partial charge is 0.328 e. The highest BCUT2D eigenvalue weighted by Crippen LogP contribution is 2.32. The van der Waals surface area contributed by atoms with E-state index in [1.54, 1.807) is 6.08 Å². The zero-order chi connectivity index (χ0) is 21.7. The lowest BCUT2D eigenvalue weighted by molar-refractivity contribution is 0.274. The molecule has 0 aliphatic heterocycles. The van der Waals surface area contributed by atoms with Gasteiger partial charge in [-0.1, -0.05) is 33.8 Å². The van der Waals surface area contributed by atoms with E-state index in [-0.39, 0.29) is 0 Å². The third-order valence-electron chi connectivity index (χ3n) is 6.39. The minimum absolute atomic E-state index is 0.346. The molecule has 162 valence electrons. The maximum absolute atomic E-state index is 14.0. The molecule has 4 atom stereocenters. The van der Waals surface area contributed by atoms with Crippen LogP contribution in [0.5, 0.6) is 0 Å². The van der Waals surface area contributed by atoms with E-state index < -0.39 is 6.17 Å². The number of aromatic nitrogens is 3. The predicted molar refractivity (Wildman–Crippen MR) is 123 cm³/mol. The van der Waals surface area contributed by atoms with Crippen LogP contribution in [0.15, 0.2) is 47.4 Å². The van der Waals surface area contributed by atoms with Crippen LogP contribution < -0.4 is 0 Å². The summed E-state index contributed by atoms with van der Waals surface area (Å²) in [6.45, 7) is 11.6. The summed E-state index contributed by atoms with van der Waals surface area (Å²) in [5.41, 5.74) is 4.09. The quantitative estimate of drug-likeness (QED) is 0.478. The van der Waals surface area contributed by atoms with Crippen molar-refractivity contribution in [1.29, 1.82) is 0 Å². The Hall–Kier alpha value is -2.30. The van der Waals surface area contributed by atoms with Gasteiger partial charge < -0.3 is 4.57 Å². The van der Waals surface area contributed by atoms with Gasteiger partial charge in [0.05, 0.1) is 11.7 Å². The minimum Gasteiger partial charge on any atom is -0.328 e. The van der Waals surface area contributed by atoms with E-state index in [2.05, 4.69) is 48.3 Å². The van der Waals surface area contributed by atoms with Crippen LogP contribution in [-0.4, -0.2) is 26.4 Å². The second kappa shape index (κ2) is 10.1. The molecule has 1 aliphatic rings. The van der Waals surface area contributed by atoms with Crippen LogP contribution in [0.4, 0.5) is 4.39 Å². The van der Waals surface area contributed by atoms with Crippen LogP contribution in [0.1, 0.15) is 59.7 Å². The molecule has 30 heavy (non-hydrogen) atoms. The number of imidazole rings is 1. The normalized spacial score (nSPS) is 23.9. The third kappa shape index (κ3) is 5.05. The Morgan fingerprint density at radius 3 is 2.90 bits per heavy atom. The number of aryl methyl sites for hydroxylation is 1. The van der Waals surface area contributed by atoms with E-state index in [4.69, 9.17) is 4.98 Å². The first kappa shape index (κ1) is 22.4. The van der Waals surface area contributed by atoms with Crippen molar-refractivity contribution < 1.29 is 4.39 Å². The van der Waals surface area contributed by atoms with Gasteiger partial charge in [0.1, 0.15) is 17.5 Å². The number of allylic oxidation sites excluding steroid dienone is 3. The second-order valence-corrected chi connectivity index (χ2v) is 8.61. The summed E-state index contributed by atoms with van der Waals surface area (Å²) in [4.78, 5) is 13.7. The smallest absolute Gasteiger partial charge is 0.119 e. The van der Waals surface area contributed by atoms with E-state index in [1.165, 1.54) is 0 Å². The molecule has 2 heterocycles. The van der Waals surface area contributed by atoms with Gasteiger partial charge in [0, 0.05) is 31.1 Å². The van der Waals surface area contributed by atoms with Crippen molar-refractivity contribution in [1.82, 2.24) is 14.5 Å². The van der Waals surface area contributed by atoms with Gasteiger partial charge in [-0.05, 0) is 61.7 Å². The average molecular weight is 411 g/mol. The van der Waals surface area contributed by atoms with Gasteiger partial charge in [-0.2, -0.15) is 0 Å². The fourth-order valence-corrected chi connectivity index (χ4v) is 4.33. The number of fused-ring (bicyclic) bond motifs is 1. The van der Waals surface area contributed by atoms with Crippen LogP contribution in [-0.2, 0) is 13.0 Å². The van der Waals surface area contributed by atoms with Crippen molar-refractivity contribution in [2.45, 2.75) is 73.0 Å². The molecule has 0 aromatic carbocycles. The van der Waals surface area contributed by atoms with Gasteiger partial charge in [0.15, 0.2) is 0 Å². The molecule has 0 saturated carbocycles. The number of nitrogens with zero attached hydrogens (tertiary/aromatic N) is 4. The first-order valence-corrected chi connectivity index (χ1v) is 11.3. The summed E-state index contributed by atoms with van der Waals surface area (Å²) in [6.07, 6.45) is 12.2. The van der Waals surface area contributed by atoms with Gasteiger partial charge in [-0.3, -0.25) is 9.98 Å². The molecular weight excluding hydrogens is 375 g/mol. The summed E-state index contributed by atoms with van der Waals surface area (Å²) >= 11 is 0. The summed E-state index contributed by atoms with van der Waals surface area (Å²) in [5.74, 6) is 2.15. The molecule has 2 aromatic heterocycles. The molecule has 0 N–H and O–H groups in total. The van der Waals surface area contributed by atoms with Crippen molar-refractivity contribution in [3.8, 4) is 0 Å². The Morgan fingerprint density at radius 1 is 1.37 bits per heavy atom. The maximum atomic E-state index is 14.0. The van der Waals surface area contributed by atoms with E-state index >= 15 is 0 Å². The first-order valence-electron chi connectivity index (χ1n) is 11.3. The molecule has 0 spiro atoms. The molecule has 0 amide bonds. The van der Waals surface area contributed by atoms with E-state index in [0.29, 0.717) is 24.2 Å². The van der Waals surface area contributed by atoms with Crippen LogP contribution in [0.2, 0.25) is 0 Å². The lowest BCUT2D eigenvalue weighted by atomic mass is 9.78. The van der Waals surface area contributed by atoms with Crippen LogP contribution >= 0.6 is 0 Å². The highest BCUT2D eigenvalue weighted by molar-refractivity contribution is 5.99. The van der Waals surface area contributed by atoms with Gasteiger partial charge in [-0.25, -0.2) is 9.37 Å². The molecular formula is C25H35FN4. The molecule has 0 fully saturated rings. The van der Waals surface area contributed by atoms with Crippen molar-refractivity contribution in [3.63, 3.8) is 0 Å². The number of halogens is 1. The molecule has 0 saturated heterocycles. The van der Waals surface area contributed by atoms with Gasteiger partial charge in [-0.15, -0.1) is 0 Å². The average Bonchev–Trinajstić information content (AvgIpc) is 3.07. The van der Waals surface area contributed by atoms with Crippen molar-refractivity contribution in [3.05, 3.63) is 48.2 Å². The van der Waals surface area contributed by atoms with Gasteiger partial charge in [0.25, 0.3) is 0 Å². The molecule has 3 rings (SSSR count). The van der Waals surface area contributed by atoms with Crippen LogP contribution in [0.25, 0.3) is 11.0 Å². The summed E-state index contributed by atoms with van der Waals surface area (Å²) in [7, 11) is 0. The van der Waals surface area contributed by atoms with Gasteiger partial charge >= 0.3 is 0 Å². The molecule has 0 bridgehead atoms. The third-order valence-corrected chi connectivity index (χ3v) is 6.39. The van der Waals surface area contributed by atoms with Crippen LogP contribution in [0, 0.1) is 17.8 Å². The Balaban J connectivity index is 1.76. The lowest BCUT2D eigenvalue weighted by Gasteiger charge is -2.28. The van der Waals surface area contributed by atoms with Crippen LogP contribution in [0.3, 0.4) is 0 Å². The number of pyridine rings is 1. The van der Waals surface area contributed by atoms with Crippen molar-refractivity contribution >= 4 is 16.7 Å². The molecule has 4 unspecified atom stereocenters. The molecule has 4 nitrogen and oxygen atoms in total. The Bertz CT molecular complexity index is 940. The van der Waals surface area contributed by atoms with E-state index in [0.717, 1.165) is 53.9 Å². The minimum atomic E-state index is -0.857. The Morgan fingerprint density at radius 2 is 2.17 bits per heavy atom. The Labute approximate surface area is 180 Å². The SMILES string of the molecule is CCCn1c(CC(/C=C\N=C(C)C2=CC(F)CC(C)C2C)CC)nc2cnccc21. The molecule has 5 heteroatoms. The van der Waals surface area contributed by atoms with E-state index in [1.807, 2.05) is 31.6 Å². The topological polar surface area (TPSA) is 43.1 Å². The second-order valence-electron chi connectivity index (χ2n) is 8.61.